The third-order valence-electron chi connectivity index (χ3n) is 4.76. The molecule has 0 spiro atoms. The Balaban J connectivity index is 1.89. The van der Waals surface area contributed by atoms with Crippen molar-refractivity contribution in [3.63, 3.8) is 0 Å². The van der Waals surface area contributed by atoms with Crippen molar-refractivity contribution in [1.82, 2.24) is 14.5 Å². The molecule has 1 aliphatic rings. The van der Waals surface area contributed by atoms with Crippen molar-refractivity contribution < 1.29 is 8.42 Å². The van der Waals surface area contributed by atoms with E-state index in [-0.39, 0.29) is 6.04 Å². The maximum absolute atomic E-state index is 12.1. The van der Waals surface area contributed by atoms with Crippen molar-refractivity contribution >= 4 is 10.0 Å². The quantitative estimate of drug-likeness (QED) is 0.826. The first kappa shape index (κ1) is 18.4. The number of rotatable bonds is 7. The normalized spacial score (nSPS) is 21.0. The Kier molecular flexibility index (Phi) is 6.19. The molecule has 2 rings (SSSR count). The summed E-state index contributed by atoms with van der Waals surface area (Å²) in [5.74, 6) is 0. The molecule has 0 aromatic heterocycles. The van der Waals surface area contributed by atoms with Gasteiger partial charge in [0, 0.05) is 26.2 Å². The second-order valence-corrected chi connectivity index (χ2v) is 8.75. The van der Waals surface area contributed by atoms with Gasteiger partial charge in [0.15, 0.2) is 0 Å². The highest BCUT2D eigenvalue weighted by molar-refractivity contribution is 7.89. The van der Waals surface area contributed by atoms with Crippen LogP contribution in [0, 0.1) is 0 Å². The Morgan fingerprint density at radius 2 is 1.96 bits per heavy atom. The first-order chi connectivity index (χ1) is 10.8. The molecule has 1 heterocycles. The summed E-state index contributed by atoms with van der Waals surface area (Å²) in [7, 11) is 1.95. The maximum Gasteiger partial charge on any atom is 0.242 e. The van der Waals surface area contributed by atoms with Gasteiger partial charge in [0.2, 0.25) is 10.0 Å². The third-order valence-corrected chi connectivity index (χ3v) is 6.59. The average Bonchev–Trinajstić information content (AvgIpc) is 2.92. The van der Waals surface area contributed by atoms with Gasteiger partial charge in [-0.15, -0.1) is 0 Å². The van der Waals surface area contributed by atoms with Crippen LogP contribution in [0.25, 0.3) is 0 Å². The van der Waals surface area contributed by atoms with E-state index in [1.54, 1.807) is 26.2 Å². The Bertz CT molecular complexity index is 599. The summed E-state index contributed by atoms with van der Waals surface area (Å²) in [5.41, 5.74) is 1.11. The van der Waals surface area contributed by atoms with Gasteiger partial charge >= 0.3 is 0 Å². The van der Waals surface area contributed by atoms with E-state index in [0.29, 0.717) is 10.9 Å². The predicted octanol–water partition coefficient (Wildman–Crippen LogP) is 2.07. The van der Waals surface area contributed by atoms with Crippen LogP contribution in [0.4, 0.5) is 0 Å². The highest BCUT2D eigenvalue weighted by atomic mass is 32.2. The summed E-state index contributed by atoms with van der Waals surface area (Å²) >= 11 is 0. The van der Waals surface area contributed by atoms with Crippen molar-refractivity contribution in [3.8, 4) is 0 Å². The van der Waals surface area contributed by atoms with Crippen LogP contribution in [0.3, 0.4) is 0 Å². The molecule has 130 valence electrons. The summed E-state index contributed by atoms with van der Waals surface area (Å²) in [6, 6.07) is 8.09. The van der Waals surface area contributed by atoms with Crippen LogP contribution in [0.1, 0.15) is 37.8 Å². The molecule has 1 fully saturated rings. The monoisotopic (exact) mass is 339 g/mol. The highest BCUT2D eigenvalue weighted by Crippen LogP contribution is 2.20. The average molecular weight is 340 g/mol. The van der Waals surface area contributed by atoms with E-state index in [2.05, 4.69) is 24.2 Å². The second kappa shape index (κ2) is 7.75. The number of hydrogen-bond acceptors (Lipinski definition) is 4. The molecule has 0 unspecified atom stereocenters. The number of likely N-dealkylation sites (tertiary alicyclic amines) is 1. The van der Waals surface area contributed by atoms with E-state index >= 15 is 0 Å². The topological polar surface area (TPSA) is 52.7 Å². The molecule has 5 nitrogen and oxygen atoms in total. The van der Waals surface area contributed by atoms with Gasteiger partial charge in [-0.1, -0.05) is 12.1 Å². The van der Waals surface area contributed by atoms with Gasteiger partial charge in [-0.3, -0.25) is 0 Å². The number of benzene rings is 1. The van der Waals surface area contributed by atoms with Gasteiger partial charge in [0.05, 0.1) is 4.90 Å². The lowest BCUT2D eigenvalue weighted by Crippen LogP contribution is -2.30. The molecule has 23 heavy (non-hydrogen) atoms. The zero-order chi connectivity index (χ0) is 17.0. The van der Waals surface area contributed by atoms with Crippen molar-refractivity contribution in [2.45, 2.75) is 43.2 Å². The summed E-state index contributed by atoms with van der Waals surface area (Å²) in [6.45, 7) is 4.31. The maximum atomic E-state index is 12.1. The molecule has 1 saturated heterocycles. The van der Waals surface area contributed by atoms with Gasteiger partial charge < -0.3 is 10.2 Å². The molecule has 6 heteroatoms. The summed E-state index contributed by atoms with van der Waals surface area (Å²) in [6.07, 6.45) is 3.76. The lowest BCUT2D eigenvalue weighted by atomic mass is 10.1. The van der Waals surface area contributed by atoms with Crippen LogP contribution >= 0.6 is 0 Å². The highest BCUT2D eigenvalue weighted by Gasteiger charge is 2.20. The number of nitrogens with zero attached hydrogens (tertiary/aromatic N) is 2. The van der Waals surface area contributed by atoms with Crippen LogP contribution in [-0.4, -0.2) is 57.9 Å². The van der Waals surface area contributed by atoms with Crippen molar-refractivity contribution in [3.05, 3.63) is 29.8 Å². The van der Waals surface area contributed by atoms with Gasteiger partial charge in [-0.2, -0.15) is 0 Å². The SMILES string of the molecule is C[C@H](NCC[C@H]1CCCN1C)c1ccc(S(=O)(=O)N(C)C)cc1. The van der Waals surface area contributed by atoms with E-state index in [1.165, 1.54) is 23.7 Å². The zero-order valence-electron chi connectivity index (χ0n) is 14.6. The number of nitrogens with one attached hydrogen (secondary N) is 1. The van der Waals surface area contributed by atoms with Crippen molar-refractivity contribution in [2.24, 2.45) is 0 Å². The molecule has 1 N–H and O–H groups in total. The lowest BCUT2D eigenvalue weighted by Gasteiger charge is -2.21. The molecule has 0 saturated carbocycles. The largest absolute Gasteiger partial charge is 0.310 e. The molecule has 0 bridgehead atoms. The minimum absolute atomic E-state index is 0.220. The van der Waals surface area contributed by atoms with Crippen LogP contribution < -0.4 is 5.32 Å². The van der Waals surface area contributed by atoms with Gasteiger partial charge in [-0.05, 0) is 64.0 Å². The molecule has 0 aliphatic carbocycles. The summed E-state index contributed by atoms with van der Waals surface area (Å²) in [5, 5.41) is 3.54. The van der Waals surface area contributed by atoms with Gasteiger partial charge in [0.1, 0.15) is 0 Å². The predicted molar refractivity (Wildman–Crippen MR) is 94.0 cm³/mol. The smallest absolute Gasteiger partial charge is 0.242 e. The second-order valence-electron chi connectivity index (χ2n) is 6.60. The van der Waals surface area contributed by atoms with Crippen LogP contribution in [0.5, 0.6) is 0 Å². The van der Waals surface area contributed by atoms with Gasteiger partial charge in [-0.25, -0.2) is 12.7 Å². The molecular formula is C17H29N3O2S. The molecule has 2 atom stereocenters. The Labute approximate surface area is 140 Å². The minimum atomic E-state index is -3.35. The van der Waals surface area contributed by atoms with E-state index in [1.807, 2.05) is 12.1 Å². The number of sulfonamides is 1. The zero-order valence-corrected chi connectivity index (χ0v) is 15.4. The standard InChI is InChI=1S/C17H29N3O2S/c1-14(18-12-11-16-6-5-13-20(16)4)15-7-9-17(10-8-15)23(21,22)19(2)3/h7-10,14,16,18H,5-6,11-13H2,1-4H3/t14-,16+/m0/s1. The molecule has 1 aromatic rings. The number of hydrogen-bond donors (Lipinski definition) is 1. The van der Waals surface area contributed by atoms with E-state index in [9.17, 15) is 8.42 Å². The summed E-state index contributed by atoms with van der Waals surface area (Å²) < 4.78 is 25.4. The third kappa shape index (κ3) is 4.53. The van der Waals surface area contributed by atoms with Gasteiger partial charge in [0.25, 0.3) is 0 Å². The molecule has 0 radical (unpaired) electrons. The van der Waals surface area contributed by atoms with Crippen molar-refractivity contribution in [2.75, 3.05) is 34.2 Å². The van der Waals surface area contributed by atoms with Crippen LogP contribution in [0.2, 0.25) is 0 Å². The minimum Gasteiger partial charge on any atom is -0.310 e. The van der Waals surface area contributed by atoms with E-state index < -0.39 is 10.0 Å². The first-order valence-corrected chi connectivity index (χ1v) is 9.72. The lowest BCUT2D eigenvalue weighted by molar-refractivity contribution is 0.291. The Morgan fingerprint density at radius 1 is 1.30 bits per heavy atom. The fraction of sp³-hybridized carbons (Fsp3) is 0.647. The Morgan fingerprint density at radius 3 is 2.48 bits per heavy atom. The van der Waals surface area contributed by atoms with Crippen molar-refractivity contribution in [1.29, 1.82) is 0 Å². The fourth-order valence-electron chi connectivity index (χ4n) is 3.07. The molecule has 1 aromatic carbocycles. The van der Waals surface area contributed by atoms with Crippen LogP contribution in [-0.2, 0) is 10.0 Å². The molecular weight excluding hydrogens is 310 g/mol. The molecule has 1 aliphatic heterocycles. The fourth-order valence-corrected chi connectivity index (χ4v) is 3.97. The van der Waals surface area contributed by atoms with Crippen LogP contribution in [0.15, 0.2) is 29.2 Å². The first-order valence-electron chi connectivity index (χ1n) is 8.28. The van der Waals surface area contributed by atoms with E-state index in [0.717, 1.165) is 18.5 Å². The van der Waals surface area contributed by atoms with E-state index in [4.69, 9.17) is 0 Å². The molecule has 0 amide bonds. The Hall–Kier alpha value is -0.950. The summed E-state index contributed by atoms with van der Waals surface area (Å²) in [4.78, 5) is 2.78.